The van der Waals surface area contributed by atoms with Crippen molar-refractivity contribution in [2.24, 2.45) is 5.73 Å². The van der Waals surface area contributed by atoms with E-state index in [0.717, 1.165) is 12.0 Å². The third-order valence-corrected chi connectivity index (χ3v) is 4.29. The summed E-state index contributed by atoms with van der Waals surface area (Å²) >= 11 is 0. The van der Waals surface area contributed by atoms with Crippen LogP contribution >= 0.6 is 0 Å². The highest BCUT2D eigenvalue weighted by Gasteiger charge is 2.13. The van der Waals surface area contributed by atoms with Gasteiger partial charge >= 0.3 is 0 Å². The van der Waals surface area contributed by atoms with Crippen molar-refractivity contribution >= 4 is 15.7 Å². The van der Waals surface area contributed by atoms with Gasteiger partial charge in [-0.05, 0) is 31.0 Å². The molecule has 112 valence electrons. The second kappa shape index (κ2) is 6.85. The lowest BCUT2D eigenvalue weighted by Gasteiger charge is -2.16. The third-order valence-electron chi connectivity index (χ3n) is 3.16. The maximum absolute atomic E-state index is 11.7. The highest BCUT2D eigenvalue weighted by atomic mass is 32.2. The maximum Gasteiger partial charge on any atom is 0.222 e. The zero-order valence-electron chi connectivity index (χ0n) is 12.1. The quantitative estimate of drug-likeness (QED) is 0.830. The van der Waals surface area contributed by atoms with Crippen LogP contribution in [-0.2, 0) is 14.6 Å². The van der Waals surface area contributed by atoms with E-state index in [9.17, 15) is 13.2 Å². The van der Waals surface area contributed by atoms with Crippen LogP contribution in [0.3, 0.4) is 0 Å². The van der Waals surface area contributed by atoms with Gasteiger partial charge in [-0.1, -0.05) is 19.1 Å². The summed E-state index contributed by atoms with van der Waals surface area (Å²) in [6.07, 6.45) is 2.21. The third kappa shape index (κ3) is 4.94. The lowest BCUT2D eigenvalue weighted by molar-refractivity contribution is -0.122. The monoisotopic (exact) mass is 298 g/mol. The minimum absolute atomic E-state index is 0.0981. The Morgan fingerprint density at radius 1 is 1.30 bits per heavy atom. The summed E-state index contributed by atoms with van der Waals surface area (Å²) in [5.41, 5.74) is 6.59. The van der Waals surface area contributed by atoms with Crippen molar-refractivity contribution in [1.29, 1.82) is 0 Å². The minimum Gasteiger partial charge on any atom is -0.350 e. The number of hydrogen-bond donors (Lipinski definition) is 2. The number of carbonyl (C=O) groups excluding carboxylic acids is 1. The van der Waals surface area contributed by atoms with Gasteiger partial charge in [-0.2, -0.15) is 0 Å². The van der Waals surface area contributed by atoms with E-state index < -0.39 is 9.84 Å². The molecule has 2 unspecified atom stereocenters. The molecule has 1 rings (SSSR count). The van der Waals surface area contributed by atoms with Crippen molar-refractivity contribution in [3.05, 3.63) is 29.8 Å². The number of nitrogens with two attached hydrogens (primary N) is 1. The van der Waals surface area contributed by atoms with Gasteiger partial charge in [0, 0.05) is 18.7 Å². The maximum atomic E-state index is 11.7. The second-order valence-electron chi connectivity index (χ2n) is 5.00. The number of benzene rings is 1. The van der Waals surface area contributed by atoms with Gasteiger partial charge < -0.3 is 11.1 Å². The topological polar surface area (TPSA) is 89.3 Å². The molecule has 0 saturated carbocycles. The summed E-state index contributed by atoms with van der Waals surface area (Å²) < 4.78 is 22.7. The highest BCUT2D eigenvalue weighted by molar-refractivity contribution is 7.90. The fourth-order valence-electron chi connectivity index (χ4n) is 1.77. The van der Waals surface area contributed by atoms with Crippen LogP contribution < -0.4 is 11.1 Å². The van der Waals surface area contributed by atoms with Crippen molar-refractivity contribution < 1.29 is 13.2 Å². The van der Waals surface area contributed by atoms with E-state index >= 15 is 0 Å². The molecule has 5 nitrogen and oxygen atoms in total. The molecule has 1 amide bonds. The van der Waals surface area contributed by atoms with Crippen LogP contribution in [0.25, 0.3) is 0 Å². The van der Waals surface area contributed by atoms with Gasteiger partial charge in [0.15, 0.2) is 9.84 Å². The molecule has 20 heavy (non-hydrogen) atoms. The van der Waals surface area contributed by atoms with Crippen molar-refractivity contribution in [3.63, 3.8) is 0 Å². The van der Waals surface area contributed by atoms with Crippen molar-refractivity contribution in [2.45, 2.75) is 43.7 Å². The van der Waals surface area contributed by atoms with Gasteiger partial charge in [-0.15, -0.1) is 0 Å². The molecule has 0 aliphatic heterocycles. The molecular formula is C14H22N2O3S. The van der Waals surface area contributed by atoms with E-state index in [1.807, 2.05) is 13.8 Å². The average Bonchev–Trinajstić information content (AvgIpc) is 2.37. The first-order valence-corrected chi connectivity index (χ1v) is 8.48. The Morgan fingerprint density at radius 3 is 2.30 bits per heavy atom. The number of nitrogens with one attached hydrogen (secondary N) is 1. The molecule has 0 bridgehead atoms. The molecule has 0 heterocycles. The number of carbonyl (C=O) groups is 1. The van der Waals surface area contributed by atoms with Gasteiger partial charge in [0.25, 0.3) is 0 Å². The first-order chi connectivity index (χ1) is 9.24. The van der Waals surface area contributed by atoms with Crippen LogP contribution in [0.1, 0.15) is 38.3 Å². The molecule has 1 aromatic rings. The molecule has 3 N–H and O–H groups in total. The van der Waals surface area contributed by atoms with E-state index in [1.54, 1.807) is 24.3 Å². The Labute approximate surface area is 120 Å². The summed E-state index contributed by atoms with van der Waals surface area (Å²) in [5.74, 6) is -0.0981. The van der Waals surface area contributed by atoms with Gasteiger partial charge in [-0.3, -0.25) is 4.79 Å². The Morgan fingerprint density at radius 2 is 1.85 bits per heavy atom. The molecule has 0 spiro atoms. The molecule has 0 radical (unpaired) electrons. The lowest BCUT2D eigenvalue weighted by Crippen LogP contribution is -2.32. The zero-order valence-corrected chi connectivity index (χ0v) is 12.9. The molecule has 2 atom stereocenters. The standard InChI is InChI=1S/C14H22N2O3S/c1-4-12(15)9-14(17)16-10(2)11-5-7-13(8-6-11)20(3,18)19/h5-8,10,12H,4,9,15H2,1-3H3,(H,16,17). The predicted octanol–water partition coefficient (Wildman–Crippen LogP) is 1.39. The van der Waals surface area contributed by atoms with Gasteiger partial charge in [0.05, 0.1) is 10.9 Å². The molecule has 0 saturated heterocycles. The molecular weight excluding hydrogens is 276 g/mol. The van der Waals surface area contributed by atoms with Gasteiger partial charge in [-0.25, -0.2) is 8.42 Å². The number of sulfone groups is 1. The van der Waals surface area contributed by atoms with E-state index in [4.69, 9.17) is 5.73 Å². The van der Waals surface area contributed by atoms with Crippen LogP contribution in [0, 0.1) is 0 Å². The van der Waals surface area contributed by atoms with Crippen molar-refractivity contribution in [1.82, 2.24) is 5.32 Å². The molecule has 0 aromatic heterocycles. The Balaban J connectivity index is 2.69. The molecule has 0 aliphatic carbocycles. The van der Waals surface area contributed by atoms with E-state index in [0.29, 0.717) is 6.42 Å². The average molecular weight is 298 g/mol. The Bertz CT molecular complexity index is 552. The number of rotatable bonds is 6. The van der Waals surface area contributed by atoms with Crippen LogP contribution in [0.4, 0.5) is 0 Å². The summed E-state index contributed by atoms with van der Waals surface area (Å²) in [5, 5.41) is 2.85. The van der Waals surface area contributed by atoms with Crippen molar-refractivity contribution in [3.8, 4) is 0 Å². The second-order valence-corrected chi connectivity index (χ2v) is 7.02. The predicted molar refractivity (Wildman–Crippen MR) is 79.0 cm³/mol. The van der Waals surface area contributed by atoms with E-state index in [-0.39, 0.29) is 22.9 Å². The first kappa shape index (κ1) is 16.7. The van der Waals surface area contributed by atoms with Crippen LogP contribution in [0.2, 0.25) is 0 Å². The van der Waals surface area contributed by atoms with Crippen LogP contribution in [0.5, 0.6) is 0 Å². The normalized spacial score (nSPS) is 14.6. The smallest absolute Gasteiger partial charge is 0.222 e. The van der Waals surface area contributed by atoms with Crippen LogP contribution in [0.15, 0.2) is 29.2 Å². The fourth-order valence-corrected chi connectivity index (χ4v) is 2.40. The molecule has 6 heteroatoms. The largest absolute Gasteiger partial charge is 0.350 e. The van der Waals surface area contributed by atoms with Crippen LogP contribution in [-0.4, -0.2) is 26.6 Å². The number of amides is 1. The summed E-state index contributed by atoms with van der Waals surface area (Å²) in [7, 11) is -3.19. The number of hydrogen-bond acceptors (Lipinski definition) is 4. The summed E-state index contributed by atoms with van der Waals surface area (Å²) in [6.45, 7) is 3.79. The minimum atomic E-state index is -3.19. The first-order valence-electron chi connectivity index (χ1n) is 6.59. The lowest BCUT2D eigenvalue weighted by atomic mass is 10.1. The fraction of sp³-hybridized carbons (Fsp3) is 0.500. The molecule has 0 aliphatic rings. The van der Waals surface area contributed by atoms with Crippen molar-refractivity contribution in [2.75, 3.05) is 6.26 Å². The van der Waals surface area contributed by atoms with E-state index in [2.05, 4.69) is 5.32 Å². The zero-order chi connectivity index (χ0) is 15.3. The highest BCUT2D eigenvalue weighted by Crippen LogP contribution is 2.16. The SMILES string of the molecule is CCC(N)CC(=O)NC(C)c1ccc(S(C)(=O)=O)cc1. The molecule has 1 aromatic carbocycles. The Kier molecular flexibility index (Phi) is 5.71. The van der Waals surface area contributed by atoms with Gasteiger partial charge in [0.2, 0.25) is 5.91 Å². The Hall–Kier alpha value is -1.40. The molecule has 0 fully saturated rings. The summed E-state index contributed by atoms with van der Waals surface area (Å²) in [6, 6.07) is 6.20. The van der Waals surface area contributed by atoms with E-state index in [1.165, 1.54) is 6.26 Å². The summed E-state index contributed by atoms with van der Waals surface area (Å²) in [4.78, 5) is 12.0. The van der Waals surface area contributed by atoms with Gasteiger partial charge in [0.1, 0.15) is 0 Å².